The van der Waals surface area contributed by atoms with Gasteiger partial charge < -0.3 is 9.47 Å². The number of rotatable bonds is 6. The molecule has 1 N–H and O–H groups in total. The molecule has 196 valence electrons. The molecule has 1 aliphatic heterocycles. The Kier molecular flexibility index (Phi) is 7.38. The average molecular weight is 632 g/mol. The van der Waals surface area contributed by atoms with E-state index in [-0.39, 0.29) is 5.57 Å². The van der Waals surface area contributed by atoms with E-state index < -0.39 is 17.8 Å². The fraction of sp³-hybridized carbons (Fsp3) is 0.129. The fourth-order valence-corrected chi connectivity index (χ4v) is 5.32. The summed E-state index contributed by atoms with van der Waals surface area (Å²) in [7, 11) is 1.53. The van der Waals surface area contributed by atoms with Crippen molar-refractivity contribution in [3.05, 3.63) is 104 Å². The van der Waals surface area contributed by atoms with Crippen LogP contribution in [-0.2, 0) is 16.2 Å². The molecular formula is C31H25IN2O5. The normalized spacial score (nSPS) is 14.6. The molecule has 1 heterocycles. The number of nitrogens with one attached hydrogen (secondary N) is 1. The number of carbonyl (C=O) groups excluding carboxylic acids is 3. The highest BCUT2D eigenvalue weighted by atomic mass is 127. The molecule has 1 aliphatic rings. The molecule has 4 aromatic rings. The number of urea groups is 1. The largest absolute Gasteiger partial charge is 0.493 e. The molecule has 39 heavy (non-hydrogen) atoms. The summed E-state index contributed by atoms with van der Waals surface area (Å²) in [4.78, 5) is 39.8. The second kappa shape index (κ2) is 10.9. The van der Waals surface area contributed by atoms with Gasteiger partial charge in [-0.1, -0.05) is 54.6 Å². The van der Waals surface area contributed by atoms with Gasteiger partial charge in [0, 0.05) is 0 Å². The lowest BCUT2D eigenvalue weighted by atomic mass is 10.0. The van der Waals surface area contributed by atoms with Crippen molar-refractivity contribution in [1.82, 2.24) is 5.32 Å². The van der Waals surface area contributed by atoms with Crippen LogP contribution in [0.25, 0.3) is 16.8 Å². The Hall–Kier alpha value is -4.18. The van der Waals surface area contributed by atoms with E-state index in [2.05, 4.69) is 46.1 Å². The van der Waals surface area contributed by atoms with Gasteiger partial charge in [-0.25, -0.2) is 9.69 Å². The molecule has 4 amide bonds. The molecule has 1 saturated heterocycles. The van der Waals surface area contributed by atoms with E-state index in [1.54, 1.807) is 25.1 Å². The fourth-order valence-electron chi connectivity index (χ4n) is 4.53. The number of ether oxygens (including phenoxy) is 2. The first-order valence-corrected chi connectivity index (χ1v) is 13.3. The SMILES string of the molecule is COc1cc(/C=C2\C(=O)NC(=O)N(c3cc(C)ccc3C)C2=O)cc(I)c1OCc1cccc2ccccc12. The van der Waals surface area contributed by atoms with Gasteiger partial charge in [-0.15, -0.1) is 0 Å². The van der Waals surface area contributed by atoms with Gasteiger partial charge in [0.05, 0.1) is 16.4 Å². The van der Waals surface area contributed by atoms with Gasteiger partial charge in [0.15, 0.2) is 11.5 Å². The smallest absolute Gasteiger partial charge is 0.335 e. The Morgan fingerprint density at radius 3 is 2.51 bits per heavy atom. The van der Waals surface area contributed by atoms with Crippen molar-refractivity contribution in [2.75, 3.05) is 12.0 Å². The van der Waals surface area contributed by atoms with Crippen LogP contribution in [0.1, 0.15) is 22.3 Å². The standard InChI is InChI=1S/C31H25IN2O5/c1-18-11-12-19(2)26(13-18)34-30(36)24(29(35)33-31(34)37)14-20-15-25(32)28(27(16-20)38-3)39-17-22-9-6-8-21-7-4-5-10-23(21)22/h4-16H,17H2,1-3H3,(H,33,35,37)/b24-14+. The monoisotopic (exact) mass is 632 g/mol. The average Bonchev–Trinajstić information content (AvgIpc) is 2.92. The van der Waals surface area contributed by atoms with Gasteiger partial charge in [-0.05, 0) is 93.7 Å². The number of halogens is 1. The highest BCUT2D eigenvalue weighted by molar-refractivity contribution is 14.1. The molecule has 0 saturated carbocycles. The zero-order chi connectivity index (χ0) is 27.7. The summed E-state index contributed by atoms with van der Waals surface area (Å²) in [6.07, 6.45) is 1.46. The Balaban J connectivity index is 1.46. The topological polar surface area (TPSA) is 84.9 Å². The third kappa shape index (κ3) is 5.24. The van der Waals surface area contributed by atoms with E-state index in [4.69, 9.17) is 9.47 Å². The first-order chi connectivity index (χ1) is 18.8. The molecule has 0 atom stereocenters. The van der Waals surface area contributed by atoms with E-state index in [0.717, 1.165) is 35.9 Å². The molecule has 4 aromatic carbocycles. The number of nitrogens with zero attached hydrogens (tertiary/aromatic N) is 1. The van der Waals surface area contributed by atoms with Crippen LogP contribution in [0.2, 0.25) is 0 Å². The van der Waals surface area contributed by atoms with E-state index >= 15 is 0 Å². The number of anilines is 1. The van der Waals surface area contributed by atoms with Crippen molar-refractivity contribution in [1.29, 1.82) is 0 Å². The first-order valence-electron chi connectivity index (χ1n) is 12.2. The van der Waals surface area contributed by atoms with Crippen LogP contribution in [0.15, 0.2) is 78.4 Å². The van der Waals surface area contributed by atoms with Crippen molar-refractivity contribution >= 4 is 63.0 Å². The number of fused-ring (bicyclic) bond motifs is 1. The van der Waals surface area contributed by atoms with Crippen LogP contribution >= 0.6 is 22.6 Å². The summed E-state index contributed by atoms with van der Waals surface area (Å²) >= 11 is 2.14. The molecule has 0 spiro atoms. The lowest BCUT2D eigenvalue weighted by Gasteiger charge is -2.28. The first kappa shape index (κ1) is 26.4. The quantitative estimate of drug-likeness (QED) is 0.153. The second-order valence-electron chi connectivity index (χ2n) is 9.21. The molecule has 0 radical (unpaired) electrons. The Bertz CT molecular complexity index is 1670. The molecule has 8 heteroatoms. The van der Waals surface area contributed by atoms with Gasteiger partial charge in [0.2, 0.25) is 0 Å². The lowest BCUT2D eigenvalue weighted by molar-refractivity contribution is -0.122. The van der Waals surface area contributed by atoms with Gasteiger partial charge in [-0.3, -0.25) is 14.9 Å². The minimum Gasteiger partial charge on any atom is -0.493 e. The number of aryl methyl sites for hydroxylation is 2. The summed E-state index contributed by atoms with van der Waals surface area (Å²) in [6, 6.07) is 22.4. The number of carbonyl (C=O) groups is 3. The lowest BCUT2D eigenvalue weighted by Crippen LogP contribution is -2.54. The zero-order valence-electron chi connectivity index (χ0n) is 21.6. The minimum absolute atomic E-state index is 0.155. The Labute approximate surface area is 239 Å². The highest BCUT2D eigenvalue weighted by Crippen LogP contribution is 2.36. The zero-order valence-corrected chi connectivity index (χ0v) is 23.7. The predicted molar refractivity (Wildman–Crippen MR) is 159 cm³/mol. The molecule has 0 aliphatic carbocycles. The molecule has 5 rings (SSSR count). The molecule has 7 nitrogen and oxygen atoms in total. The maximum atomic E-state index is 13.4. The van der Waals surface area contributed by atoms with Crippen molar-refractivity contribution in [3.8, 4) is 11.5 Å². The second-order valence-corrected chi connectivity index (χ2v) is 10.4. The number of benzene rings is 4. The number of amides is 4. The van der Waals surface area contributed by atoms with Crippen LogP contribution < -0.4 is 19.7 Å². The predicted octanol–water partition coefficient (Wildman–Crippen LogP) is 6.32. The van der Waals surface area contributed by atoms with Gasteiger partial charge in [0.25, 0.3) is 11.8 Å². The van der Waals surface area contributed by atoms with Crippen molar-refractivity contribution in [2.24, 2.45) is 0 Å². The molecule has 1 fully saturated rings. The van der Waals surface area contributed by atoms with Gasteiger partial charge in [-0.2, -0.15) is 0 Å². The van der Waals surface area contributed by atoms with Crippen molar-refractivity contribution in [2.45, 2.75) is 20.5 Å². The van der Waals surface area contributed by atoms with Gasteiger partial charge >= 0.3 is 6.03 Å². The van der Waals surface area contributed by atoms with Crippen LogP contribution in [0.5, 0.6) is 11.5 Å². The number of hydrogen-bond donors (Lipinski definition) is 1. The van der Waals surface area contributed by atoms with Crippen LogP contribution in [0.4, 0.5) is 10.5 Å². The third-order valence-corrected chi connectivity index (χ3v) is 7.32. The Morgan fingerprint density at radius 1 is 0.949 bits per heavy atom. The molecule has 0 unspecified atom stereocenters. The maximum Gasteiger partial charge on any atom is 0.335 e. The van der Waals surface area contributed by atoms with Gasteiger partial charge in [0.1, 0.15) is 12.2 Å². The van der Waals surface area contributed by atoms with Crippen molar-refractivity contribution in [3.63, 3.8) is 0 Å². The molecule has 0 bridgehead atoms. The summed E-state index contributed by atoms with van der Waals surface area (Å²) in [5, 5.41) is 4.53. The summed E-state index contributed by atoms with van der Waals surface area (Å²) in [6.45, 7) is 4.01. The third-order valence-electron chi connectivity index (χ3n) is 6.52. The number of hydrogen-bond acceptors (Lipinski definition) is 5. The number of barbiturate groups is 1. The van der Waals surface area contributed by atoms with Crippen LogP contribution in [0.3, 0.4) is 0 Å². The highest BCUT2D eigenvalue weighted by Gasteiger charge is 2.37. The van der Waals surface area contributed by atoms with Crippen LogP contribution in [-0.4, -0.2) is 25.0 Å². The van der Waals surface area contributed by atoms with E-state index in [1.807, 2.05) is 43.3 Å². The number of methoxy groups -OCH3 is 1. The van der Waals surface area contributed by atoms with E-state index in [1.165, 1.54) is 13.2 Å². The van der Waals surface area contributed by atoms with Crippen LogP contribution in [0, 0.1) is 17.4 Å². The Morgan fingerprint density at radius 2 is 1.72 bits per heavy atom. The minimum atomic E-state index is -0.778. The summed E-state index contributed by atoms with van der Waals surface area (Å²) in [5.74, 6) is -0.431. The van der Waals surface area contributed by atoms with Crippen molar-refractivity contribution < 1.29 is 23.9 Å². The molecular weight excluding hydrogens is 607 g/mol. The maximum absolute atomic E-state index is 13.4. The van der Waals surface area contributed by atoms with E-state index in [9.17, 15) is 14.4 Å². The number of imide groups is 2. The molecule has 0 aromatic heterocycles. The summed E-state index contributed by atoms with van der Waals surface area (Å²) < 4.78 is 12.6. The summed E-state index contributed by atoms with van der Waals surface area (Å²) in [5.41, 5.74) is 3.50. The van der Waals surface area contributed by atoms with E-state index in [0.29, 0.717) is 29.4 Å².